The molecule has 0 aromatic heterocycles. The summed E-state index contributed by atoms with van der Waals surface area (Å²) in [5, 5.41) is 10.6. The van der Waals surface area contributed by atoms with Gasteiger partial charge in [-0.15, -0.1) is 0 Å². The lowest BCUT2D eigenvalue weighted by atomic mass is 10.1. The van der Waals surface area contributed by atoms with E-state index in [9.17, 15) is 9.18 Å². The molecule has 0 radical (unpaired) electrons. The van der Waals surface area contributed by atoms with Gasteiger partial charge in [0.05, 0.1) is 23.6 Å². The van der Waals surface area contributed by atoms with Crippen molar-refractivity contribution in [1.29, 1.82) is 0 Å². The van der Waals surface area contributed by atoms with E-state index in [0.717, 1.165) is 21.8 Å². The third kappa shape index (κ3) is 4.57. The maximum absolute atomic E-state index is 12.9. The van der Waals surface area contributed by atoms with Crippen molar-refractivity contribution in [2.45, 2.75) is 16.7 Å². The lowest BCUT2D eigenvalue weighted by molar-refractivity contribution is -0.119. The van der Waals surface area contributed by atoms with Gasteiger partial charge in [0.15, 0.2) is 0 Å². The number of nitrogens with one attached hydrogen (secondary N) is 3. The van der Waals surface area contributed by atoms with Gasteiger partial charge in [-0.25, -0.2) is 9.82 Å². The molecule has 5 nitrogen and oxygen atoms in total. The van der Waals surface area contributed by atoms with Crippen molar-refractivity contribution >= 4 is 40.4 Å². The van der Waals surface area contributed by atoms with Crippen molar-refractivity contribution in [2.75, 3.05) is 17.2 Å². The van der Waals surface area contributed by atoms with Gasteiger partial charge < -0.3 is 10.6 Å². The first-order chi connectivity index (χ1) is 14.1. The van der Waals surface area contributed by atoms with Gasteiger partial charge in [0.1, 0.15) is 5.82 Å². The number of hydrazone groups is 1. The third-order valence-electron chi connectivity index (χ3n) is 4.42. The molecule has 0 fully saturated rings. The number of halogens is 1. The largest absolute Gasteiger partial charge is 0.376 e. The van der Waals surface area contributed by atoms with E-state index < -0.39 is 0 Å². The van der Waals surface area contributed by atoms with Crippen LogP contribution >= 0.6 is 11.8 Å². The van der Waals surface area contributed by atoms with Gasteiger partial charge in [-0.05, 0) is 61.0 Å². The summed E-state index contributed by atoms with van der Waals surface area (Å²) in [5.41, 5.74) is 6.93. The van der Waals surface area contributed by atoms with Crippen LogP contribution in [0.3, 0.4) is 0 Å². The zero-order valence-corrected chi connectivity index (χ0v) is 16.5. The second kappa shape index (κ2) is 8.36. The Morgan fingerprint density at radius 3 is 2.62 bits per heavy atom. The summed E-state index contributed by atoms with van der Waals surface area (Å²) in [7, 11) is 0. The fourth-order valence-electron chi connectivity index (χ4n) is 2.86. The summed E-state index contributed by atoms with van der Waals surface area (Å²) < 4.78 is 12.9. The third-order valence-corrected chi connectivity index (χ3v) is 5.57. The highest BCUT2D eigenvalue weighted by molar-refractivity contribution is 7.99. The van der Waals surface area contributed by atoms with Crippen LogP contribution in [-0.4, -0.2) is 18.2 Å². The molecule has 29 heavy (non-hydrogen) atoms. The average Bonchev–Trinajstić information content (AvgIpc) is 2.75. The fourth-order valence-corrected chi connectivity index (χ4v) is 3.83. The minimum absolute atomic E-state index is 0.0432. The minimum atomic E-state index is -0.318. The van der Waals surface area contributed by atoms with Crippen LogP contribution in [0.25, 0.3) is 0 Å². The van der Waals surface area contributed by atoms with Crippen LogP contribution in [0.2, 0.25) is 0 Å². The lowest BCUT2D eigenvalue weighted by Crippen LogP contribution is -2.26. The topological polar surface area (TPSA) is 65.5 Å². The predicted molar refractivity (Wildman–Crippen MR) is 116 cm³/mol. The van der Waals surface area contributed by atoms with E-state index in [-0.39, 0.29) is 18.3 Å². The van der Waals surface area contributed by atoms with Crippen LogP contribution in [0.1, 0.15) is 12.5 Å². The standard InChI is InChI=1S/C22H19FN4OS/c1-14(26-27-22(28)13-24-17-9-7-16(23)8-10-17)15-6-11-21-19(12-15)25-18-4-2-3-5-20(18)29-21/h2-12,24-25H,13H2,1H3,(H,27,28)/b26-14+. The molecule has 1 heterocycles. The van der Waals surface area contributed by atoms with Crippen LogP contribution < -0.4 is 16.1 Å². The molecule has 3 N–H and O–H groups in total. The van der Waals surface area contributed by atoms with E-state index in [4.69, 9.17) is 0 Å². The molecular formula is C22H19FN4OS. The summed E-state index contributed by atoms with van der Waals surface area (Å²) in [6, 6.07) is 20.1. The van der Waals surface area contributed by atoms with Gasteiger partial charge in [0.25, 0.3) is 5.91 Å². The van der Waals surface area contributed by atoms with E-state index in [1.165, 1.54) is 17.0 Å². The predicted octanol–water partition coefficient (Wildman–Crippen LogP) is 4.99. The van der Waals surface area contributed by atoms with Gasteiger partial charge in [-0.3, -0.25) is 4.79 Å². The van der Waals surface area contributed by atoms with Gasteiger partial charge in [0.2, 0.25) is 0 Å². The molecule has 146 valence electrons. The van der Waals surface area contributed by atoms with E-state index >= 15 is 0 Å². The molecule has 0 saturated carbocycles. The van der Waals surface area contributed by atoms with Crippen molar-refractivity contribution < 1.29 is 9.18 Å². The highest BCUT2D eigenvalue weighted by Gasteiger charge is 2.15. The van der Waals surface area contributed by atoms with Crippen molar-refractivity contribution in [3.8, 4) is 0 Å². The minimum Gasteiger partial charge on any atom is -0.376 e. The Labute approximate surface area is 172 Å². The molecule has 1 aliphatic heterocycles. The molecule has 3 aromatic rings. The zero-order valence-electron chi connectivity index (χ0n) is 15.7. The number of nitrogens with zero attached hydrogens (tertiary/aromatic N) is 1. The summed E-state index contributed by atoms with van der Waals surface area (Å²) in [6.07, 6.45) is 0. The number of anilines is 3. The van der Waals surface area contributed by atoms with Crippen LogP contribution in [0, 0.1) is 5.82 Å². The molecule has 1 amide bonds. The number of hydrogen-bond donors (Lipinski definition) is 3. The molecular weight excluding hydrogens is 387 g/mol. The molecule has 0 aliphatic carbocycles. The first-order valence-electron chi connectivity index (χ1n) is 9.09. The summed E-state index contributed by atoms with van der Waals surface area (Å²) in [4.78, 5) is 14.4. The Morgan fingerprint density at radius 1 is 1.03 bits per heavy atom. The molecule has 7 heteroatoms. The maximum atomic E-state index is 12.9. The molecule has 1 aliphatic rings. The molecule has 3 aromatic carbocycles. The normalized spacial score (nSPS) is 12.4. The average molecular weight is 406 g/mol. The molecule has 4 rings (SSSR count). The second-order valence-corrected chi connectivity index (χ2v) is 7.61. The Morgan fingerprint density at radius 2 is 1.79 bits per heavy atom. The Hall–Kier alpha value is -3.32. The molecule has 0 saturated heterocycles. The SMILES string of the molecule is C/C(=N\NC(=O)CNc1ccc(F)cc1)c1ccc2c(c1)Nc1ccccc1S2. The second-order valence-electron chi connectivity index (χ2n) is 6.53. The monoisotopic (exact) mass is 406 g/mol. The zero-order chi connectivity index (χ0) is 20.2. The molecule has 0 bridgehead atoms. The number of rotatable bonds is 5. The summed E-state index contributed by atoms with van der Waals surface area (Å²) >= 11 is 1.72. The van der Waals surface area contributed by atoms with Gasteiger partial charge in [0, 0.05) is 15.5 Å². The lowest BCUT2D eigenvalue weighted by Gasteiger charge is -2.21. The first kappa shape index (κ1) is 19.0. The molecule has 0 spiro atoms. The van der Waals surface area contributed by atoms with E-state index in [1.54, 1.807) is 23.9 Å². The van der Waals surface area contributed by atoms with Gasteiger partial charge in [-0.2, -0.15) is 5.10 Å². The first-order valence-corrected chi connectivity index (χ1v) is 9.91. The highest BCUT2D eigenvalue weighted by Crippen LogP contribution is 2.44. The van der Waals surface area contributed by atoms with Crippen LogP contribution in [0.15, 0.2) is 81.6 Å². The number of carbonyl (C=O) groups is 1. The van der Waals surface area contributed by atoms with Crippen LogP contribution in [-0.2, 0) is 4.79 Å². The quantitative estimate of drug-likeness (QED) is 0.323. The number of hydrogen-bond acceptors (Lipinski definition) is 5. The summed E-state index contributed by atoms with van der Waals surface area (Å²) in [6.45, 7) is 1.89. The fraction of sp³-hybridized carbons (Fsp3) is 0.0909. The smallest absolute Gasteiger partial charge is 0.259 e. The number of amides is 1. The number of benzene rings is 3. The van der Waals surface area contributed by atoms with Crippen molar-refractivity contribution in [3.05, 3.63) is 78.1 Å². The van der Waals surface area contributed by atoms with E-state index in [0.29, 0.717) is 11.4 Å². The number of para-hydroxylation sites is 1. The number of carbonyl (C=O) groups excluding carboxylic acids is 1. The maximum Gasteiger partial charge on any atom is 0.259 e. The Bertz CT molecular complexity index is 1080. The van der Waals surface area contributed by atoms with Crippen molar-refractivity contribution in [1.82, 2.24) is 5.43 Å². The van der Waals surface area contributed by atoms with Crippen molar-refractivity contribution in [3.63, 3.8) is 0 Å². The summed E-state index contributed by atoms with van der Waals surface area (Å²) in [5.74, 6) is -0.601. The van der Waals surface area contributed by atoms with Crippen molar-refractivity contribution in [2.24, 2.45) is 5.10 Å². The van der Waals surface area contributed by atoms with Crippen LogP contribution in [0.5, 0.6) is 0 Å². The molecule has 0 atom stereocenters. The Balaban J connectivity index is 1.38. The number of fused-ring (bicyclic) bond motifs is 2. The van der Waals surface area contributed by atoms with Gasteiger partial charge >= 0.3 is 0 Å². The van der Waals surface area contributed by atoms with E-state index in [1.807, 2.05) is 37.3 Å². The van der Waals surface area contributed by atoms with Gasteiger partial charge in [-0.1, -0.05) is 30.0 Å². The highest BCUT2D eigenvalue weighted by atomic mass is 32.2. The van der Waals surface area contributed by atoms with Crippen LogP contribution in [0.4, 0.5) is 21.5 Å². The molecule has 0 unspecified atom stereocenters. The Kier molecular flexibility index (Phi) is 5.48. The van der Waals surface area contributed by atoms with E-state index in [2.05, 4.69) is 33.3 Å².